The molecule has 0 aliphatic rings. The molecule has 0 spiro atoms. The Morgan fingerprint density at radius 1 is 0.960 bits per heavy atom. The van der Waals surface area contributed by atoms with Crippen molar-refractivity contribution in [2.75, 3.05) is 21.3 Å². The third-order valence-corrected chi connectivity index (χ3v) is 3.98. The summed E-state index contributed by atoms with van der Waals surface area (Å²) in [6.07, 6.45) is 1.06. The van der Waals surface area contributed by atoms with E-state index in [1.807, 2.05) is 42.5 Å². The van der Waals surface area contributed by atoms with Crippen molar-refractivity contribution in [3.8, 4) is 11.5 Å². The molecule has 0 heterocycles. The molecule has 2 aromatic rings. The van der Waals surface area contributed by atoms with Crippen molar-refractivity contribution in [1.29, 1.82) is 0 Å². The quantitative estimate of drug-likeness (QED) is 0.760. The minimum Gasteiger partial charge on any atom is -0.493 e. The van der Waals surface area contributed by atoms with Gasteiger partial charge in [-0.25, -0.2) is 0 Å². The SMILES string of the molecule is COCc1ccccc1CNC(=O)CCc1ccc(OC)c(OC)c1. The molecule has 1 N–H and O–H groups in total. The number of carbonyl (C=O) groups is 1. The van der Waals surface area contributed by atoms with Crippen molar-refractivity contribution in [1.82, 2.24) is 5.32 Å². The van der Waals surface area contributed by atoms with Crippen molar-refractivity contribution in [2.24, 2.45) is 0 Å². The summed E-state index contributed by atoms with van der Waals surface area (Å²) in [5.74, 6) is 1.38. The molecule has 0 saturated heterocycles. The fourth-order valence-corrected chi connectivity index (χ4v) is 2.60. The van der Waals surface area contributed by atoms with Gasteiger partial charge in [0.05, 0.1) is 20.8 Å². The minimum atomic E-state index is 0.0157. The van der Waals surface area contributed by atoms with Crippen molar-refractivity contribution < 1.29 is 19.0 Å². The molecule has 0 saturated carbocycles. The monoisotopic (exact) mass is 343 g/mol. The van der Waals surface area contributed by atoms with E-state index in [1.54, 1.807) is 21.3 Å². The van der Waals surface area contributed by atoms with Gasteiger partial charge in [-0.15, -0.1) is 0 Å². The number of benzene rings is 2. The molecule has 0 bridgehead atoms. The van der Waals surface area contributed by atoms with E-state index < -0.39 is 0 Å². The zero-order valence-corrected chi connectivity index (χ0v) is 15.0. The number of hydrogen-bond acceptors (Lipinski definition) is 4. The first-order chi connectivity index (χ1) is 12.2. The minimum absolute atomic E-state index is 0.0157. The van der Waals surface area contributed by atoms with Crippen LogP contribution in [0.5, 0.6) is 11.5 Å². The van der Waals surface area contributed by atoms with Gasteiger partial charge in [0.15, 0.2) is 11.5 Å². The number of amides is 1. The summed E-state index contributed by atoms with van der Waals surface area (Å²) in [5.41, 5.74) is 3.20. The van der Waals surface area contributed by atoms with Gasteiger partial charge in [-0.3, -0.25) is 4.79 Å². The molecule has 2 aromatic carbocycles. The molecule has 0 aliphatic heterocycles. The normalized spacial score (nSPS) is 10.4. The Balaban J connectivity index is 1.87. The van der Waals surface area contributed by atoms with E-state index >= 15 is 0 Å². The lowest BCUT2D eigenvalue weighted by Gasteiger charge is -2.11. The highest BCUT2D eigenvalue weighted by Gasteiger charge is 2.08. The number of hydrogen-bond donors (Lipinski definition) is 1. The molecule has 5 nitrogen and oxygen atoms in total. The summed E-state index contributed by atoms with van der Waals surface area (Å²) in [4.78, 5) is 12.1. The number of carbonyl (C=O) groups excluding carboxylic acids is 1. The lowest BCUT2D eigenvalue weighted by molar-refractivity contribution is -0.121. The highest BCUT2D eigenvalue weighted by Crippen LogP contribution is 2.27. The Morgan fingerprint density at radius 3 is 2.36 bits per heavy atom. The maximum Gasteiger partial charge on any atom is 0.220 e. The van der Waals surface area contributed by atoms with Crippen LogP contribution < -0.4 is 14.8 Å². The average molecular weight is 343 g/mol. The second kappa shape index (κ2) is 9.69. The van der Waals surface area contributed by atoms with Crippen LogP contribution in [-0.2, 0) is 29.1 Å². The molecular weight excluding hydrogens is 318 g/mol. The van der Waals surface area contributed by atoms with Crippen LogP contribution in [0, 0.1) is 0 Å². The standard InChI is InChI=1S/C20H25NO4/c1-23-14-17-7-5-4-6-16(17)13-21-20(22)11-9-15-8-10-18(24-2)19(12-15)25-3/h4-8,10,12H,9,11,13-14H2,1-3H3,(H,21,22). The zero-order chi connectivity index (χ0) is 18.1. The summed E-state index contributed by atoms with van der Waals surface area (Å²) >= 11 is 0. The van der Waals surface area contributed by atoms with Gasteiger partial charge in [0.2, 0.25) is 5.91 Å². The van der Waals surface area contributed by atoms with Crippen LogP contribution in [0.25, 0.3) is 0 Å². The summed E-state index contributed by atoms with van der Waals surface area (Å²) in [6, 6.07) is 13.6. The Labute approximate surface area is 148 Å². The van der Waals surface area contributed by atoms with Crippen LogP contribution in [0.3, 0.4) is 0 Å². The van der Waals surface area contributed by atoms with Gasteiger partial charge in [0.1, 0.15) is 0 Å². The molecule has 134 valence electrons. The summed E-state index contributed by atoms with van der Waals surface area (Å²) < 4.78 is 15.7. The van der Waals surface area contributed by atoms with E-state index in [0.29, 0.717) is 37.5 Å². The first-order valence-corrected chi connectivity index (χ1v) is 8.21. The third-order valence-electron chi connectivity index (χ3n) is 3.98. The molecule has 0 fully saturated rings. The first-order valence-electron chi connectivity index (χ1n) is 8.21. The van der Waals surface area contributed by atoms with Crippen LogP contribution in [0.2, 0.25) is 0 Å². The Hall–Kier alpha value is -2.53. The third kappa shape index (κ3) is 5.50. The molecular formula is C20H25NO4. The highest BCUT2D eigenvalue weighted by molar-refractivity contribution is 5.76. The molecule has 25 heavy (non-hydrogen) atoms. The second-order valence-corrected chi connectivity index (χ2v) is 5.67. The lowest BCUT2D eigenvalue weighted by atomic mass is 10.1. The van der Waals surface area contributed by atoms with E-state index in [2.05, 4.69) is 5.32 Å². The number of methoxy groups -OCH3 is 3. The average Bonchev–Trinajstić information content (AvgIpc) is 2.65. The molecule has 2 rings (SSSR count). The van der Waals surface area contributed by atoms with E-state index in [9.17, 15) is 4.79 Å². The second-order valence-electron chi connectivity index (χ2n) is 5.67. The van der Waals surface area contributed by atoms with Crippen molar-refractivity contribution >= 4 is 5.91 Å². The molecule has 5 heteroatoms. The van der Waals surface area contributed by atoms with Gasteiger partial charge in [-0.2, -0.15) is 0 Å². The number of aryl methyl sites for hydroxylation is 1. The maximum atomic E-state index is 12.1. The molecule has 0 aromatic heterocycles. The Bertz CT molecular complexity index is 700. The van der Waals surface area contributed by atoms with Crippen molar-refractivity contribution in [3.05, 3.63) is 59.2 Å². The maximum absolute atomic E-state index is 12.1. The fraction of sp³-hybridized carbons (Fsp3) is 0.350. The van der Waals surface area contributed by atoms with Crippen LogP contribution in [0.4, 0.5) is 0 Å². The van der Waals surface area contributed by atoms with Crippen molar-refractivity contribution in [2.45, 2.75) is 26.0 Å². The van der Waals surface area contributed by atoms with Crippen LogP contribution in [0.1, 0.15) is 23.1 Å². The molecule has 0 aliphatic carbocycles. The van der Waals surface area contributed by atoms with E-state index in [0.717, 1.165) is 16.7 Å². The first kappa shape index (κ1) is 18.8. The summed E-state index contributed by atoms with van der Waals surface area (Å²) in [6.45, 7) is 1.04. The molecule has 0 atom stereocenters. The van der Waals surface area contributed by atoms with E-state index in [4.69, 9.17) is 14.2 Å². The summed E-state index contributed by atoms with van der Waals surface area (Å²) in [7, 11) is 4.87. The van der Waals surface area contributed by atoms with Crippen LogP contribution in [0.15, 0.2) is 42.5 Å². The Morgan fingerprint density at radius 2 is 1.68 bits per heavy atom. The van der Waals surface area contributed by atoms with Gasteiger partial charge in [-0.1, -0.05) is 30.3 Å². The smallest absolute Gasteiger partial charge is 0.220 e. The number of rotatable bonds is 9. The highest BCUT2D eigenvalue weighted by atomic mass is 16.5. The fourth-order valence-electron chi connectivity index (χ4n) is 2.60. The van der Waals surface area contributed by atoms with Gasteiger partial charge in [0.25, 0.3) is 0 Å². The Kier molecular flexibility index (Phi) is 7.29. The summed E-state index contributed by atoms with van der Waals surface area (Å²) in [5, 5.41) is 2.97. The van der Waals surface area contributed by atoms with Gasteiger partial charge in [-0.05, 0) is 35.2 Å². The van der Waals surface area contributed by atoms with Crippen LogP contribution >= 0.6 is 0 Å². The number of ether oxygens (including phenoxy) is 3. The molecule has 0 unspecified atom stereocenters. The molecule has 1 amide bonds. The van der Waals surface area contributed by atoms with E-state index in [1.165, 1.54) is 0 Å². The van der Waals surface area contributed by atoms with Gasteiger partial charge >= 0.3 is 0 Å². The van der Waals surface area contributed by atoms with Crippen LogP contribution in [-0.4, -0.2) is 27.2 Å². The number of nitrogens with one attached hydrogen (secondary N) is 1. The predicted octanol–water partition coefficient (Wildman–Crippen LogP) is 3.10. The van der Waals surface area contributed by atoms with Crippen molar-refractivity contribution in [3.63, 3.8) is 0 Å². The lowest BCUT2D eigenvalue weighted by Crippen LogP contribution is -2.23. The predicted molar refractivity (Wildman–Crippen MR) is 96.9 cm³/mol. The largest absolute Gasteiger partial charge is 0.493 e. The van der Waals surface area contributed by atoms with Gasteiger partial charge < -0.3 is 19.5 Å². The van der Waals surface area contributed by atoms with Gasteiger partial charge in [0, 0.05) is 20.1 Å². The van der Waals surface area contributed by atoms with E-state index in [-0.39, 0.29) is 5.91 Å². The zero-order valence-electron chi connectivity index (χ0n) is 15.0. The topological polar surface area (TPSA) is 56.8 Å². The molecule has 0 radical (unpaired) electrons.